The zero-order chi connectivity index (χ0) is 23.7. The number of carbonyl (C=O) groups excluding carboxylic acids is 4. The van der Waals surface area contributed by atoms with Crippen LogP contribution in [0.15, 0.2) is 0 Å². The lowest BCUT2D eigenvalue weighted by atomic mass is 9.98. The van der Waals surface area contributed by atoms with Crippen LogP contribution in [0, 0.1) is 11.8 Å². The average Bonchev–Trinajstić information content (AvgIpc) is 2.69. The van der Waals surface area contributed by atoms with E-state index in [-0.39, 0.29) is 43.0 Å². The maximum Gasteiger partial charge on any atom is 0.245 e. The molecule has 6 N–H and O–H groups in total. The maximum absolute atomic E-state index is 12.9. The van der Waals surface area contributed by atoms with Gasteiger partial charge in [-0.05, 0) is 25.8 Å². The van der Waals surface area contributed by atoms with Crippen LogP contribution in [0.25, 0.3) is 0 Å². The minimum absolute atomic E-state index is 0.125. The number of piperazine rings is 1. The van der Waals surface area contributed by atoms with Crippen molar-refractivity contribution < 1.29 is 24.3 Å². The quantitative estimate of drug-likeness (QED) is 0.269. The van der Waals surface area contributed by atoms with Crippen molar-refractivity contribution in [2.24, 2.45) is 17.6 Å². The lowest BCUT2D eigenvalue weighted by Crippen LogP contribution is -2.63. The highest BCUT2D eigenvalue weighted by Gasteiger charge is 2.36. The van der Waals surface area contributed by atoms with Crippen LogP contribution in [0.5, 0.6) is 0 Å². The molecular formula is C21H39N5O5. The Morgan fingerprint density at radius 3 is 2.29 bits per heavy atom. The third-order valence-electron chi connectivity index (χ3n) is 5.20. The van der Waals surface area contributed by atoms with Crippen LogP contribution < -0.4 is 21.7 Å². The van der Waals surface area contributed by atoms with Crippen molar-refractivity contribution in [2.75, 3.05) is 26.2 Å². The minimum Gasteiger partial charge on any atom is -0.391 e. The monoisotopic (exact) mass is 441 g/mol. The molecule has 0 saturated carbocycles. The SMILES string of the molecule is CC(C)CC(=O)N1CCNC[C@H]1C(=O)N[C@H](C(=O)N[C@@H](CCN)C(=O)C(C)C)[C@H](C)O. The summed E-state index contributed by atoms with van der Waals surface area (Å²) < 4.78 is 0. The molecule has 1 heterocycles. The summed E-state index contributed by atoms with van der Waals surface area (Å²) in [5.41, 5.74) is 5.57. The molecule has 0 radical (unpaired) electrons. The van der Waals surface area contributed by atoms with E-state index in [1.807, 2.05) is 13.8 Å². The van der Waals surface area contributed by atoms with Gasteiger partial charge in [-0.15, -0.1) is 0 Å². The van der Waals surface area contributed by atoms with Gasteiger partial charge in [0.15, 0.2) is 5.78 Å². The molecule has 178 valence electrons. The number of Topliss-reactive ketones (excluding diaryl/α,β-unsaturated/α-hetero) is 1. The smallest absolute Gasteiger partial charge is 0.245 e. The molecule has 4 atom stereocenters. The zero-order valence-corrected chi connectivity index (χ0v) is 19.3. The number of aliphatic hydroxyl groups is 1. The summed E-state index contributed by atoms with van der Waals surface area (Å²) in [7, 11) is 0. The fourth-order valence-electron chi connectivity index (χ4n) is 3.47. The predicted octanol–water partition coefficient (Wildman–Crippen LogP) is -1.24. The van der Waals surface area contributed by atoms with Crippen LogP contribution in [-0.4, -0.2) is 83.9 Å². The number of hydrogen-bond acceptors (Lipinski definition) is 7. The van der Waals surface area contributed by atoms with E-state index in [0.717, 1.165) is 0 Å². The van der Waals surface area contributed by atoms with Gasteiger partial charge in [0.25, 0.3) is 0 Å². The molecule has 0 unspecified atom stereocenters. The second-order valence-electron chi connectivity index (χ2n) is 8.83. The number of nitrogens with two attached hydrogens (primary N) is 1. The van der Waals surface area contributed by atoms with Crippen LogP contribution in [0.1, 0.15) is 47.5 Å². The Hall–Kier alpha value is -2.04. The van der Waals surface area contributed by atoms with Gasteiger partial charge in [0, 0.05) is 32.0 Å². The summed E-state index contributed by atoms with van der Waals surface area (Å²) in [4.78, 5) is 52.2. The molecule has 10 nitrogen and oxygen atoms in total. The Morgan fingerprint density at radius 2 is 1.77 bits per heavy atom. The lowest BCUT2D eigenvalue weighted by molar-refractivity contribution is -0.143. The molecule has 1 fully saturated rings. The lowest BCUT2D eigenvalue weighted by Gasteiger charge is -2.36. The Bertz CT molecular complexity index is 638. The summed E-state index contributed by atoms with van der Waals surface area (Å²) in [5.74, 6) is -1.64. The van der Waals surface area contributed by atoms with Gasteiger partial charge in [0.1, 0.15) is 12.1 Å². The Morgan fingerprint density at radius 1 is 1.13 bits per heavy atom. The Balaban J connectivity index is 2.92. The fraction of sp³-hybridized carbons (Fsp3) is 0.810. The van der Waals surface area contributed by atoms with Crippen molar-refractivity contribution in [3.63, 3.8) is 0 Å². The minimum atomic E-state index is -1.27. The largest absolute Gasteiger partial charge is 0.391 e. The molecule has 0 spiro atoms. The van der Waals surface area contributed by atoms with Crippen LogP contribution in [0.2, 0.25) is 0 Å². The molecule has 0 aromatic rings. The summed E-state index contributed by atoms with van der Waals surface area (Å²) in [6.07, 6.45) is -0.622. The number of hydrogen-bond donors (Lipinski definition) is 5. The van der Waals surface area contributed by atoms with Crippen molar-refractivity contribution in [1.82, 2.24) is 20.9 Å². The van der Waals surface area contributed by atoms with Gasteiger partial charge in [-0.1, -0.05) is 27.7 Å². The standard InChI is InChI=1S/C21H39N5O5/c1-12(2)10-17(28)26-9-8-23-11-16(26)20(30)25-18(14(5)27)21(31)24-15(6-7-22)19(29)13(3)4/h12-16,18,23,27H,6-11,22H2,1-5H3,(H,24,31)(H,25,30)/t14-,15-,16-,18-/m0/s1. The van der Waals surface area contributed by atoms with E-state index in [4.69, 9.17) is 5.73 Å². The molecule has 0 bridgehead atoms. The number of rotatable bonds is 11. The van der Waals surface area contributed by atoms with Crippen molar-refractivity contribution in [3.8, 4) is 0 Å². The normalized spacial score (nSPS) is 19.6. The summed E-state index contributed by atoms with van der Waals surface area (Å²) in [6.45, 7) is 10.1. The van der Waals surface area contributed by atoms with Crippen LogP contribution >= 0.6 is 0 Å². The van der Waals surface area contributed by atoms with Crippen molar-refractivity contribution in [1.29, 1.82) is 0 Å². The molecule has 10 heteroatoms. The molecule has 1 aliphatic heterocycles. The van der Waals surface area contributed by atoms with E-state index in [9.17, 15) is 24.3 Å². The number of nitrogens with one attached hydrogen (secondary N) is 3. The molecule has 31 heavy (non-hydrogen) atoms. The number of carbonyl (C=O) groups is 4. The first-order valence-electron chi connectivity index (χ1n) is 11.0. The van der Waals surface area contributed by atoms with Gasteiger partial charge < -0.3 is 31.7 Å². The van der Waals surface area contributed by atoms with Crippen molar-refractivity contribution >= 4 is 23.5 Å². The number of nitrogens with zero attached hydrogens (tertiary/aromatic N) is 1. The second-order valence-corrected chi connectivity index (χ2v) is 8.83. The fourth-order valence-corrected chi connectivity index (χ4v) is 3.47. The topological polar surface area (TPSA) is 154 Å². The van der Waals surface area contributed by atoms with Gasteiger partial charge in [-0.3, -0.25) is 19.2 Å². The van der Waals surface area contributed by atoms with E-state index in [1.165, 1.54) is 11.8 Å². The first kappa shape index (κ1) is 27.0. The molecule has 0 aliphatic carbocycles. The highest BCUT2D eigenvalue weighted by Crippen LogP contribution is 2.11. The van der Waals surface area contributed by atoms with Crippen LogP contribution in [-0.2, 0) is 19.2 Å². The van der Waals surface area contributed by atoms with E-state index in [0.29, 0.717) is 19.5 Å². The number of ketones is 1. The molecule has 3 amide bonds. The van der Waals surface area contributed by atoms with Gasteiger partial charge in [0.2, 0.25) is 17.7 Å². The second kappa shape index (κ2) is 12.7. The highest BCUT2D eigenvalue weighted by molar-refractivity contribution is 5.95. The molecule has 0 aromatic carbocycles. The van der Waals surface area contributed by atoms with Crippen molar-refractivity contribution in [3.05, 3.63) is 0 Å². The third kappa shape index (κ3) is 8.19. The summed E-state index contributed by atoms with van der Waals surface area (Å²) in [6, 6.07) is -2.85. The third-order valence-corrected chi connectivity index (χ3v) is 5.20. The van der Waals surface area contributed by atoms with E-state index in [1.54, 1.807) is 13.8 Å². The van der Waals surface area contributed by atoms with Crippen LogP contribution in [0.3, 0.4) is 0 Å². The summed E-state index contributed by atoms with van der Waals surface area (Å²) in [5, 5.41) is 18.4. The maximum atomic E-state index is 12.9. The molecular weight excluding hydrogens is 402 g/mol. The molecule has 1 saturated heterocycles. The summed E-state index contributed by atoms with van der Waals surface area (Å²) >= 11 is 0. The Kier molecular flexibility index (Phi) is 11.1. The zero-order valence-electron chi connectivity index (χ0n) is 19.3. The van der Waals surface area contributed by atoms with Gasteiger partial charge in [-0.25, -0.2) is 0 Å². The predicted molar refractivity (Wildman–Crippen MR) is 117 cm³/mol. The van der Waals surface area contributed by atoms with E-state index in [2.05, 4.69) is 16.0 Å². The van der Waals surface area contributed by atoms with Crippen molar-refractivity contribution in [2.45, 2.75) is 71.7 Å². The molecule has 1 aliphatic rings. The first-order chi connectivity index (χ1) is 14.5. The number of amides is 3. The first-order valence-corrected chi connectivity index (χ1v) is 11.0. The van der Waals surface area contributed by atoms with Gasteiger partial charge in [-0.2, -0.15) is 0 Å². The Labute approximate surface area is 184 Å². The van der Waals surface area contributed by atoms with E-state index >= 15 is 0 Å². The number of aliphatic hydroxyl groups excluding tert-OH is 1. The van der Waals surface area contributed by atoms with Gasteiger partial charge >= 0.3 is 0 Å². The molecule has 0 aromatic heterocycles. The van der Waals surface area contributed by atoms with E-state index < -0.39 is 36.0 Å². The molecule has 1 rings (SSSR count). The van der Waals surface area contributed by atoms with Crippen LogP contribution in [0.4, 0.5) is 0 Å². The highest BCUT2D eigenvalue weighted by atomic mass is 16.3. The average molecular weight is 442 g/mol. The van der Waals surface area contributed by atoms with Gasteiger partial charge in [0.05, 0.1) is 12.1 Å².